The van der Waals surface area contributed by atoms with Gasteiger partial charge in [0.25, 0.3) is 0 Å². The molecular formula is C12H22N2O3. The molecular weight excluding hydrogens is 220 g/mol. The first-order chi connectivity index (χ1) is 7.95. The first-order valence-corrected chi connectivity index (χ1v) is 6.18. The number of hydrogen-bond acceptors (Lipinski definition) is 2. The molecule has 5 nitrogen and oxygen atoms in total. The van der Waals surface area contributed by atoms with Gasteiger partial charge in [0.15, 0.2) is 0 Å². The van der Waals surface area contributed by atoms with Crippen molar-refractivity contribution in [3.63, 3.8) is 0 Å². The van der Waals surface area contributed by atoms with Crippen LogP contribution in [0.15, 0.2) is 0 Å². The summed E-state index contributed by atoms with van der Waals surface area (Å²) in [6.45, 7) is 5.11. The van der Waals surface area contributed by atoms with Crippen LogP contribution in [0.1, 0.15) is 26.7 Å². The minimum Gasteiger partial charge on any atom is -0.481 e. The minimum absolute atomic E-state index is 0.0625. The third-order valence-electron chi connectivity index (χ3n) is 3.12. The van der Waals surface area contributed by atoms with Crippen molar-refractivity contribution < 1.29 is 14.7 Å². The van der Waals surface area contributed by atoms with Crippen LogP contribution < -0.4 is 0 Å². The molecule has 0 heterocycles. The Morgan fingerprint density at radius 3 is 2.41 bits per heavy atom. The lowest BCUT2D eigenvalue weighted by molar-refractivity contribution is -0.141. The zero-order chi connectivity index (χ0) is 13.0. The van der Waals surface area contributed by atoms with E-state index < -0.39 is 11.9 Å². The average molecular weight is 242 g/mol. The van der Waals surface area contributed by atoms with E-state index in [0.717, 1.165) is 6.54 Å². The van der Waals surface area contributed by atoms with Crippen LogP contribution in [0.3, 0.4) is 0 Å². The summed E-state index contributed by atoms with van der Waals surface area (Å²) in [6, 6.07) is -0.0625. The molecule has 0 bridgehead atoms. The van der Waals surface area contributed by atoms with E-state index in [2.05, 4.69) is 0 Å². The van der Waals surface area contributed by atoms with Crippen LogP contribution in [-0.4, -0.2) is 53.6 Å². The summed E-state index contributed by atoms with van der Waals surface area (Å²) in [5, 5.41) is 8.85. The van der Waals surface area contributed by atoms with E-state index in [4.69, 9.17) is 5.11 Å². The summed E-state index contributed by atoms with van der Waals surface area (Å²) in [6.07, 6.45) is 2.41. The maximum absolute atomic E-state index is 12.1. The monoisotopic (exact) mass is 242 g/mol. The molecule has 1 aliphatic carbocycles. The molecule has 1 saturated carbocycles. The van der Waals surface area contributed by atoms with E-state index in [1.165, 1.54) is 12.8 Å². The number of urea groups is 1. The van der Waals surface area contributed by atoms with Crippen LogP contribution in [0.5, 0.6) is 0 Å². The van der Waals surface area contributed by atoms with Gasteiger partial charge in [0, 0.05) is 26.7 Å². The number of carboxylic acid groups (broad SMARTS) is 1. The Hall–Kier alpha value is -1.26. The number of carboxylic acids is 1. The second kappa shape index (κ2) is 5.89. The Balaban J connectivity index is 2.46. The van der Waals surface area contributed by atoms with Crippen molar-refractivity contribution in [1.82, 2.24) is 9.80 Å². The zero-order valence-corrected chi connectivity index (χ0v) is 10.8. The van der Waals surface area contributed by atoms with Crippen LogP contribution in [-0.2, 0) is 4.79 Å². The van der Waals surface area contributed by atoms with Crippen molar-refractivity contribution in [2.45, 2.75) is 26.7 Å². The van der Waals surface area contributed by atoms with Gasteiger partial charge in [-0.1, -0.05) is 6.92 Å². The first kappa shape index (κ1) is 13.8. The quantitative estimate of drug-likeness (QED) is 0.767. The molecule has 0 aromatic rings. The Kier molecular flexibility index (Phi) is 4.78. The molecule has 1 aliphatic rings. The van der Waals surface area contributed by atoms with Crippen molar-refractivity contribution in [2.75, 3.05) is 26.7 Å². The lowest BCUT2D eigenvalue weighted by atomic mass is 10.2. The van der Waals surface area contributed by atoms with Gasteiger partial charge in [-0.25, -0.2) is 4.79 Å². The van der Waals surface area contributed by atoms with E-state index in [1.54, 1.807) is 23.8 Å². The van der Waals surface area contributed by atoms with Crippen LogP contribution in [0.25, 0.3) is 0 Å². The molecule has 1 N–H and O–H groups in total. The van der Waals surface area contributed by atoms with Gasteiger partial charge in [0.2, 0.25) is 0 Å². The molecule has 0 aromatic carbocycles. The number of carbonyl (C=O) groups excluding carboxylic acids is 1. The number of carbonyl (C=O) groups is 2. The molecule has 98 valence electrons. The fraction of sp³-hybridized carbons (Fsp3) is 0.833. The summed E-state index contributed by atoms with van der Waals surface area (Å²) >= 11 is 0. The van der Waals surface area contributed by atoms with Gasteiger partial charge < -0.3 is 14.9 Å². The average Bonchev–Trinajstić information content (AvgIpc) is 3.08. The molecule has 17 heavy (non-hydrogen) atoms. The topological polar surface area (TPSA) is 60.9 Å². The normalized spacial score (nSPS) is 16.4. The maximum Gasteiger partial charge on any atom is 0.319 e. The highest BCUT2D eigenvalue weighted by atomic mass is 16.4. The number of nitrogens with zero attached hydrogens (tertiary/aromatic N) is 2. The van der Waals surface area contributed by atoms with Gasteiger partial charge in [-0.15, -0.1) is 0 Å². The van der Waals surface area contributed by atoms with E-state index in [-0.39, 0.29) is 12.6 Å². The van der Waals surface area contributed by atoms with Crippen LogP contribution >= 0.6 is 0 Å². The fourth-order valence-corrected chi connectivity index (χ4v) is 1.76. The van der Waals surface area contributed by atoms with Crippen LogP contribution in [0, 0.1) is 11.8 Å². The summed E-state index contributed by atoms with van der Waals surface area (Å²) in [5.74, 6) is -0.728. The third-order valence-corrected chi connectivity index (χ3v) is 3.12. The van der Waals surface area contributed by atoms with Crippen molar-refractivity contribution in [1.29, 1.82) is 0 Å². The fourth-order valence-electron chi connectivity index (χ4n) is 1.76. The third kappa shape index (κ3) is 4.24. The lowest BCUT2D eigenvalue weighted by Crippen LogP contribution is -2.44. The molecule has 0 saturated heterocycles. The summed E-state index contributed by atoms with van der Waals surface area (Å²) in [5.41, 5.74) is 0. The molecule has 1 rings (SSSR count). The molecule has 0 radical (unpaired) electrons. The molecule has 5 heteroatoms. The number of amides is 2. The van der Waals surface area contributed by atoms with E-state index >= 15 is 0 Å². The predicted molar refractivity (Wildman–Crippen MR) is 64.8 cm³/mol. The minimum atomic E-state index is -0.860. The Morgan fingerprint density at radius 2 is 2.00 bits per heavy atom. The summed E-state index contributed by atoms with van der Waals surface area (Å²) < 4.78 is 0. The summed E-state index contributed by atoms with van der Waals surface area (Å²) in [7, 11) is 1.79. The van der Waals surface area contributed by atoms with Crippen LogP contribution in [0.2, 0.25) is 0 Å². The molecule has 2 amide bonds. The molecule has 1 fully saturated rings. The van der Waals surface area contributed by atoms with Crippen molar-refractivity contribution in [3.8, 4) is 0 Å². The number of hydrogen-bond donors (Lipinski definition) is 1. The van der Waals surface area contributed by atoms with E-state index in [0.29, 0.717) is 12.5 Å². The highest BCUT2D eigenvalue weighted by molar-refractivity contribution is 5.76. The second-order valence-electron chi connectivity index (χ2n) is 4.88. The zero-order valence-electron chi connectivity index (χ0n) is 10.8. The maximum atomic E-state index is 12.1. The molecule has 0 aliphatic heterocycles. The van der Waals surface area contributed by atoms with Gasteiger partial charge in [0.05, 0.1) is 5.92 Å². The lowest BCUT2D eigenvalue weighted by Gasteiger charge is -2.28. The van der Waals surface area contributed by atoms with Gasteiger partial charge in [0.1, 0.15) is 0 Å². The van der Waals surface area contributed by atoms with E-state index in [1.807, 2.05) is 6.92 Å². The molecule has 1 atom stereocenters. The van der Waals surface area contributed by atoms with Crippen LogP contribution in [0.4, 0.5) is 4.79 Å². The Labute approximate surface area is 102 Å². The van der Waals surface area contributed by atoms with Crippen molar-refractivity contribution in [3.05, 3.63) is 0 Å². The predicted octanol–water partition coefficient (Wildman–Crippen LogP) is 1.49. The highest BCUT2D eigenvalue weighted by Gasteiger charge is 2.27. The van der Waals surface area contributed by atoms with Gasteiger partial charge in [-0.2, -0.15) is 0 Å². The molecule has 1 unspecified atom stereocenters. The standard InChI is InChI=1S/C12H22N2O3/c1-4-14(7-9(2)11(15)16)12(17)13(3)8-10-5-6-10/h9-10H,4-8H2,1-3H3,(H,15,16). The van der Waals surface area contributed by atoms with Gasteiger partial charge >= 0.3 is 12.0 Å². The Morgan fingerprint density at radius 1 is 1.41 bits per heavy atom. The SMILES string of the molecule is CCN(CC(C)C(=O)O)C(=O)N(C)CC1CC1. The van der Waals surface area contributed by atoms with Crippen molar-refractivity contribution >= 4 is 12.0 Å². The summed E-state index contributed by atoms with van der Waals surface area (Å²) in [4.78, 5) is 26.1. The highest BCUT2D eigenvalue weighted by Crippen LogP contribution is 2.29. The molecule has 0 spiro atoms. The number of rotatable bonds is 6. The van der Waals surface area contributed by atoms with Crippen molar-refractivity contribution in [2.24, 2.45) is 11.8 Å². The van der Waals surface area contributed by atoms with Gasteiger partial charge in [-0.3, -0.25) is 4.79 Å². The van der Waals surface area contributed by atoms with E-state index in [9.17, 15) is 9.59 Å². The smallest absolute Gasteiger partial charge is 0.319 e. The van der Waals surface area contributed by atoms with Gasteiger partial charge in [-0.05, 0) is 25.7 Å². The number of aliphatic carboxylic acids is 1. The first-order valence-electron chi connectivity index (χ1n) is 6.18. The largest absolute Gasteiger partial charge is 0.481 e. The second-order valence-corrected chi connectivity index (χ2v) is 4.88. The molecule has 0 aromatic heterocycles. The Bertz CT molecular complexity index is 289.